The number of rotatable bonds is 10. The van der Waals surface area contributed by atoms with Crippen molar-refractivity contribution in [1.82, 2.24) is 15.1 Å². The summed E-state index contributed by atoms with van der Waals surface area (Å²) in [6.07, 6.45) is 1.19. The second-order valence-electron chi connectivity index (χ2n) is 7.15. The Balaban J connectivity index is 1.39. The maximum atomic E-state index is 11.6. The van der Waals surface area contributed by atoms with Crippen molar-refractivity contribution < 1.29 is 14.6 Å². The van der Waals surface area contributed by atoms with Crippen molar-refractivity contribution in [3.63, 3.8) is 0 Å². The largest absolute Gasteiger partial charge is 0.491 e. The summed E-state index contributed by atoms with van der Waals surface area (Å²) in [6, 6.07) is 7.94. The molecular formula is C20H31N3O3S. The Morgan fingerprint density at radius 3 is 2.81 bits per heavy atom. The van der Waals surface area contributed by atoms with Gasteiger partial charge in [-0.2, -0.15) is 11.8 Å². The van der Waals surface area contributed by atoms with Crippen LogP contribution in [0, 0.1) is 0 Å². The Kier molecular flexibility index (Phi) is 8.26. The molecule has 6 nitrogen and oxygen atoms in total. The molecule has 0 unspecified atom stereocenters. The Bertz CT molecular complexity index is 596. The van der Waals surface area contributed by atoms with Gasteiger partial charge in [-0.05, 0) is 12.5 Å². The van der Waals surface area contributed by atoms with E-state index in [1.807, 2.05) is 40.9 Å². The molecular weight excluding hydrogens is 362 g/mol. The first-order valence-electron chi connectivity index (χ1n) is 9.90. The summed E-state index contributed by atoms with van der Waals surface area (Å²) in [5, 5.41) is 13.7. The molecule has 1 aromatic carbocycles. The normalized spacial score (nSPS) is 19.4. The molecule has 0 bridgehead atoms. The molecule has 0 saturated carbocycles. The molecule has 2 fully saturated rings. The van der Waals surface area contributed by atoms with Crippen LogP contribution in [0.15, 0.2) is 24.3 Å². The quantitative estimate of drug-likeness (QED) is 0.582. The van der Waals surface area contributed by atoms with E-state index in [9.17, 15) is 9.90 Å². The van der Waals surface area contributed by atoms with Crippen LogP contribution >= 0.6 is 11.8 Å². The van der Waals surface area contributed by atoms with Crippen LogP contribution in [-0.2, 0) is 11.3 Å². The summed E-state index contributed by atoms with van der Waals surface area (Å²) in [5.41, 5.74) is 1.08. The number of likely N-dealkylation sites (tertiary alicyclic amines) is 1. The number of nitrogens with zero attached hydrogens (tertiary/aromatic N) is 2. The Morgan fingerprint density at radius 2 is 2.04 bits per heavy atom. The van der Waals surface area contributed by atoms with E-state index in [-0.39, 0.29) is 5.91 Å². The predicted molar refractivity (Wildman–Crippen MR) is 109 cm³/mol. The van der Waals surface area contributed by atoms with E-state index in [4.69, 9.17) is 4.74 Å². The van der Waals surface area contributed by atoms with Gasteiger partial charge in [0.25, 0.3) is 0 Å². The first kappa shape index (κ1) is 20.5. The van der Waals surface area contributed by atoms with Crippen LogP contribution < -0.4 is 10.1 Å². The number of hydrogen-bond donors (Lipinski definition) is 2. The van der Waals surface area contributed by atoms with Gasteiger partial charge in [0.15, 0.2) is 0 Å². The SMILES string of the molecule is O=C1CCCN1CCNCc1ccccc1OC[C@@H](O)CN1CCSCC1. The zero-order valence-corrected chi connectivity index (χ0v) is 16.8. The number of thioether (sulfide) groups is 1. The summed E-state index contributed by atoms with van der Waals surface area (Å²) in [4.78, 5) is 15.9. The van der Waals surface area contributed by atoms with Crippen LogP contribution in [0.2, 0.25) is 0 Å². The fourth-order valence-corrected chi connectivity index (χ4v) is 4.47. The summed E-state index contributed by atoms with van der Waals surface area (Å²) < 4.78 is 5.90. The highest BCUT2D eigenvalue weighted by Gasteiger charge is 2.19. The average molecular weight is 394 g/mol. The zero-order chi connectivity index (χ0) is 18.9. The van der Waals surface area contributed by atoms with Crippen molar-refractivity contribution in [2.45, 2.75) is 25.5 Å². The average Bonchev–Trinajstić information content (AvgIpc) is 3.10. The van der Waals surface area contributed by atoms with Crippen molar-refractivity contribution in [2.75, 3.05) is 57.4 Å². The summed E-state index contributed by atoms with van der Waals surface area (Å²) in [5.74, 6) is 3.37. The number of nitrogens with one attached hydrogen (secondary N) is 1. The topological polar surface area (TPSA) is 65.0 Å². The van der Waals surface area contributed by atoms with Crippen molar-refractivity contribution in [1.29, 1.82) is 0 Å². The molecule has 7 heteroatoms. The van der Waals surface area contributed by atoms with Gasteiger partial charge in [0.05, 0.1) is 0 Å². The van der Waals surface area contributed by atoms with E-state index < -0.39 is 6.10 Å². The van der Waals surface area contributed by atoms with Gasteiger partial charge < -0.3 is 20.1 Å². The van der Waals surface area contributed by atoms with E-state index >= 15 is 0 Å². The molecule has 2 aliphatic rings. The van der Waals surface area contributed by atoms with Gasteiger partial charge >= 0.3 is 0 Å². The highest BCUT2D eigenvalue weighted by Crippen LogP contribution is 2.18. The minimum absolute atomic E-state index is 0.266. The minimum atomic E-state index is -0.477. The number of ether oxygens (including phenoxy) is 1. The highest BCUT2D eigenvalue weighted by atomic mass is 32.2. The molecule has 150 valence electrons. The van der Waals surface area contributed by atoms with Crippen LogP contribution in [0.1, 0.15) is 18.4 Å². The van der Waals surface area contributed by atoms with Gasteiger partial charge in [0, 0.05) is 69.3 Å². The molecule has 2 saturated heterocycles. The Labute approximate surface area is 166 Å². The first-order valence-corrected chi connectivity index (χ1v) is 11.0. The first-order chi connectivity index (χ1) is 13.2. The smallest absolute Gasteiger partial charge is 0.222 e. The molecule has 2 aliphatic heterocycles. The maximum absolute atomic E-state index is 11.6. The standard InChI is InChI=1S/C20H31N3O3S/c24-18(15-22-10-12-27-13-11-22)16-26-19-5-2-1-4-17(19)14-21-7-9-23-8-3-6-20(23)25/h1-2,4-5,18,21,24H,3,6-16H2/t18-/m0/s1. The van der Waals surface area contributed by atoms with Gasteiger partial charge in [-0.1, -0.05) is 18.2 Å². The van der Waals surface area contributed by atoms with Crippen LogP contribution in [0.5, 0.6) is 5.75 Å². The third-order valence-electron chi connectivity index (χ3n) is 5.02. The van der Waals surface area contributed by atoms with Gasteiger partial charge in [0.2, 0.25) is 5.91 Å². The van der Waals surface area contributed by atoms with Gasteiger partial charge in [-0.3, -0.25) is 9.69 Å². The molecule has 0 aliphatic carbocycles. The van der Waals surface area contributed by atoms with Gasteiger partial charge in [0.1, 0.15) is 18.5 Å². The molecule has 1 aromatic rings. The van der Waals surface area contributed by atoms with E-state index in [1.165, 1.54) is 0 Å². The molecule has 0 radical (unpaired) electrons. The summed E-state index contributed by atoms with van der Waals surface area (Å²) in [7, 11) is 0. The number of aliphatic hydroxyl groups is 1. The third kappa shape index (κ3) is 6.68. The lowest BCUT2D eigenvalue weighted by Crippen LogP contribution is -2.40. The van der Waals surface area contributed by atoms with Crippen LogP contribution in [-0.4, -0.2) is 84.3 Å². The van der Waals surface area contributed by atoms with Gasteiger partial charge in [-0.15, -0.1) is 0 Å². The van der Waals surface area contributed by atoms with E-state index in [0.29, 0.717) is 26.1 Å². The Hall–Kier alpha value is -1.28. The second kappa shape index (κ2) is 10.9. The number of amides is 1. The number of hydrogen-bond acceptors (Lipinski definition) is 6. The predicted octanol–water partition coefficient (Wildman–Crippen LogP) is 1.19. The number of para-hydroxylation sites is 1. The molecule has 1 atom stereocenters. The van der Waals surface area contributed by atoms with Crippen molar-refractivity contribution >= 4 is 17.7 Å². The van der Waals surface area contributed by atoms with E-state index in [2.05, 4.69) is 10.2 Å². The molecule has 2 heterocycles. The number of aliphatic hydroxyl groups excluding tert-OH is 1. The lowest BCUT2D eigenvalue weighted by molar-refractivity contribution is -0.127. The third-order valence-corrected chi connectivity index (χ3v) is 5.96. The molecule has 2 N–H and O–H groups in total. The number of carbonyl (C=O) groups excluding carboxylic acids is 1. The van der Waals surface area contributed by atoms with Crippen molar-refractivity contribution in [2.24, 2.45) is 0 Å². The maximum Gasteiger partial charge on any atom is 0.222 e. The minimum Gasteiger partial charge on any atom is -0.491 e. The summed E-state index contributed by atoms with van der Waals surface area (Å²) >= 11 is 1.97. The molecule has 27 heavy (non-hydrogen) atoms. The molecule has 0 aromatic heterocycles. The lowest BCUT2D eigenvalue weighted by Gasteiger charge is -2.28. The van der Waals surface area contributed by atoms with Crippen LogP contribution in [0.25, 0.3) is 0 Å². The zero-order valence-electron chi connectivity index (χ0n) is 15.9. The number of carbonyl (C=O) groups is 1. The monoisotopic (exact) mass is 393 g/mol. The molecule has 0 spiro atoms. The second-order valence-corrected chi connectivity index (χ2v) is 8.37. The fraction of sp³-hybridized carbons (Fsp3) is 0.650. The van der Waals surface area contributed by atoms with E-state index in [0.717, 1.165) is 62.0 Å². The van der Waals surface area contributed by atoms with E-state index in [1.54, 1.807) is 0 Å². The van der Waals surface area contributed by atoms with Crippen LogP contribution in [0.4, 0.5) is 0 Å². The van der Waals surface area contributed by atoms with Gasteiger partial charge in [-0.25, -0.2) is 0 Å². The molecule has 1 amide bonds. The Morgan fingerprint density at radius 1 is 1.22 bits per heavy atom. The summed E-state index contributed by atoms with van der Waals surface area (Å²) in [6.45, 7) is 6.17. The van der Waals surface area contributed by atoms with Crippen molar-refractivity contribution in [3.8, 4) is 5.75 Å². The van der Waals surface area contributed by atoms with Crippen LogP contribution in [0.3, 0.4) is 0 Å². The van der Waals surface area contributed by atoms with Crippen molar-refractivity contribution in [3.05, 3.63) is 29.8 Å². The number of benzene rings is 1. The molecule has 3 rings (SSSR count). The fourth-order valence-electron chi connectivity index (χ4n) is 3.49. The number of β-amino-alcohol motifs (C(OH)–C–C–N with tert-alkyl or cyclic N) is 1. The lowest BCUT2D eigenvalue weighted by atomic mass is 10.2. The highest BCUT2D eigenvalue weighted by molar-refractivity contribution is 7.99.